The van der Waals surface area contributed by atoms with Crippen molar-refractivity contribution in [2.24, 2.45) is 9.98 Å². The van der Waals surface area contributed by atoms with E-state index in [2.05, 4.69) is 41.8 Å². The Labute approximate surface area is 179 Å². The minimum absolute atomic E-state index is 0.0532. The Morgan fingerprint density at radius 3 is 1.64 bits per heavy atom. The van der Waals surface area contributed by atoms with Crippen molar-refractivity contribution in [3.63, 3.8) is 0 Å². The van der Waals surface area contributed by atoms with Crippen LogP contribution in [-0.2, 0) is 0 Å². The highest BCUT2D eigenvalue weighted by molar-refractivity contribution is 9.10. The van der Waals surface area contributed by atoms with Crippen LogP contribution < -0.4 is 19.7 Å². The molecule has 0 heterocycles. The van der Waals surface area contributed by atoms with Gasteiger partial charge in [0.05, 0.1) is 33.4 Å². The molecule has 0 bridgehead atoms. The number of aliphatic hydroxyl groups excluding tert-OH is 1. The fourth-order valence-electron chi connectivity index (χ4n) is 2.28. The summed E-state index contributed by atoms with van der Waals surface area (Å²) in [5.74, 6) is -0.153. The van der Waals surface area contributed by atoms with Gasteiger partial charge in [0, 0.05) is 21.4 Å². The van der Waals surface area contributed by atoms with Gasteiger partial charge in [-0.1, -0.05) is 43.4 Å². The van der Waals surface area contributed by atoms with Gasteiger partial charge in [0.1, 0.15) is 11.5 Å². The Morgan fingerprint density at radius 2 is 1.29 bits per heavy atom. The molecule has 9 heteroatoms. The Kier molecular flexibility index (Phi) is 8.28. The van der Waals surface area contributed by atoms with E-state index in [1.807, 2.05) is 0 Å². The highest BCUT2D eigenvalue weighted by atomic mass is 79.9. The SMILES string of the molecule is COc1cc(Br)cc(C=NCC(O)CN=Cc2cc(Br)cc(OC)c2[O-])c1[O-]. The summed E-state index contributed by atoms with van der Waals surface area (Å²) in [6.45, 7) is 0.106. The average molecular weight is 514 g/mol. The van der Waals surface area contributed by atoms with Gasteiger partial charge < -0.3 is 24.8 Å². The molecule has 28 heavy (non-hydrogen) atoms. The van der Waals surface area contributed by atoms with E-state index in [4.69, 9.17) is 9.47 Å². The second-order valence-electron chi connectivity index (χ2n) is 5.70. The van der Waals surface area contributed by atoms with Gasteiger partial charge in [-0.15, -0.1) is 0 Å². The molecule has 0 aliphatic rings. The predicted molar refractivity (Wildman–Crippen MR) is 111 cm³/mol. The summed E-state index contributed by atoms with van der Waals surface area (Å²) < 4.78 is 11.4. The Hall–Kier alpha value is -2.10. The van der Waals surface area contributed by atoms with Crippen molar-refractivity contribution < 1.29 is 24.8 Å². The molecule has 2 aromatic rings. The van der Waals surface area contributed by atoms with E-state index in [0.29, 0.717) is 20.1 Å². The highest BCUT2D eigenvalue weighted by Crippen LogP contribution is 2.31. The lowest BCUT2D eigenvalue weighted by atomic mass is 10.2. The normalized spacial score (nSPS) is 12.6. The van der Waals surface area contributed by atoms with E-state index in [-0.39, 0.29) is 36.1 Å². The third-order valence-corrected chi connectivity index (χ3v) is 4.55. The molecule has 0 radical (unpaired) electrons. The second kappa shape index (κ2) is 10.4. The van der Waals surface area contributed by atoms with Crippen LogP contribution >= 0.6 is 31.9 Å². The molecule has 0 aliphatic carbocycles. The molecule has 0 spiro atoms. The predicted octanol–water partition coefficient (Wildman–Crippen LogP) is 2.27. The van der Waals surface area contributed by atoms with Crippen LogP contribution in [0.1, 0.15) is 11.1 Å². The Balaban J connectivity index is 1.98. The number of aliphatic imine (C=N–C) groups is 2. The van der Waals surface area contributed by atoms with Crippen LogP contribution in [0.5, 0.6) is 23.0 Å². The van der Waals surface area contributed by atoms with E-state index in [1.165, 1.54) is 26.6 Å². The van der Waals surface area contributed by atoms with Crippen LogP contribution in [-0.4, -0.2) is 50.9 Å². The number of rotatable bonds is 8. The largest absolute Gasteiger partial charge is 0.870 e. The van der Waals surface area contributed by atoms with Crippen LogP contribution in [0.2, 0.25) is 0 Å². The summed E-state index contributed by atoms with van der Waals surface area (Å²) >= 11 is 6.60. The van der Waals surface area contributed by atoms with Crippen LogP contribution in [0.25, 0.3) is 0 Å². The van der Waals surface area contributed by atoms with Crippen LogP contribution in [0.15, 0.2) is 43.2 Å². The fourth-order valence-corrected chi connectivity index (χ4v) is 3.18. The summed E-state index contributed by atoms with van der Waals surface area (Å²) in [6.07, 6.45) is 1.91. The van der Waals surface area contributed by atoms with Gasteiger partial charge in [-0.05, 0) is 35.4 Å². The lowest BCUT2D eigenvalue weighted by molar-refractivity contribution is -0.270. The molecule has 0 aromatic heterocycles. The number of methoxy groups -OCH3 is 2. The molecule has 150 valence electrons. The van der Waals surface area contributed by atoms with E-state index in [1.54, 1.807) is 24.3 Å². The molecule has 2 rings (SSSR count). The first-order chi connectivity index (χ1) is 13.3. The summed E-state index contributed by atoms with van der Waals surface area (Å²) in [4.78, 5) is 8.18. The van der Waals surface area contributed by atoms with Crippen molar-refractivity contribution in [3.05, 3.63) is 44.3 Å². The van der Waals surface area contributed by atoms with Gasteiger partial charge >= 0.3 is 0 Å². The number of hydrogen-bond acceptors (Lipinski definition) is 7. The lowest BCUT2D eigenvalue weighted by Crippen LogP contribution is -2.15. The van der Waals surface area contributed by atoms with Crippen molar-refractivity contribution in [3.8, 4) is 23.0 Å². The number of ether oxygens (including phenoxy) is 2. The van der Waals surface area contributed by atoms with E-state index in [0.717, 1.165) is 0 Å². The molecule has 0 unspecified atom stereocenters. The first-order valence-electron chi connectivity index (χ1n) is 8.12. The fraction of sp³-hybridized carbons (Fsp3) is 0.263. The standard InChI is InChI=1S/C19H20Br2N2O5/c1-27-16-5-13(20)3-11(18(16)25)7-22-9-15(24)10-23-8-12-4-14(21)6-17(28-2)19(12)26/h3-8,15,24-26H,9-10H2,1-2H3/p-2. The molecule has 0 atom stereocenters. The summed E-state index contributed by atoms with van der Waals surface area (Å²) in [5, 5.41) is 34.2. The third-order valence-electron chi connectivity index (χ3n) is 3.63. The Morgan fingerprint density at radius 1 is 0.893 bits per heavy atom. The van der Waals surface area contributed by atoms with Crippen molar-refractivity contribution in [2.45, 2.75) is 6.10 Å². The number of hydrogen-bond donors (Lipinski definition) is 1. The minimum Gasteiger partial charge on any atom is -0.870 e. The van der Waals surface area contributed by atoms with Gasteiger partial charge in [-0.3, -0.25) is 9.98 Å². The zero-order valence-electron chi connectivity index (χ0n) is 15.2. The number of halogens is 2. The number of aliphatic hydroxyl groups is 1. The van der Waals surface area contributed by atoms with Gasteiger partial charge in [0.15, 0.2) is 0 Å². The van der Waals surface area contributed by atoms with Gasteiger partial charge in [0.2, 0.25) is 0 Å². The van der Waals surface area contributed by atoms with E-state index >= 15 is 0 Å². The van der Waals surface area contributed by atoms with Gasteiger partial charge in [-0.25, -0.2) is 0 Å². The molecule has 1 N–H and O–H groups in total. The topological polar surface area (TPSA) is 110 Å². The van der Waals surface area contributed by atoms with Crippen LogP contribution in [0.3, 0.4) is 0 Å². The molecule has 0 amide bonds. The molecular formula is C19H18Br2N2O5-2. The van der Waals surface area contributed by atoms with Crippen molar-refractivity contribution in [1.82, 2.24) is 0 Å². The first kappa shape index (κ1) is 22.2. The van der Waals surface area contributed by atoms with Crippen molar-refractivity contribution in [2.75, 3.05) is 27.3 Å². The van der Waals surface area contributed by atoms with Crippen LogP contribution in [0, 0.1) is 0 Å². The van der Waals surface area contributed by atoms with Crippen molar-refractivity contribution in [1.29, 1.82) is 0 Å². The first-order valence-corrected chi connectivity index (χ1v) is 9.71. The summed E-state index contributed by atoms with van der Waals surface area (Å²) in [7, 11) is 2.83. The highest BCUT2D eigenvalue weighted by Gasteiger charge is 2.04. The molecule has 0 aliphatic heterocycles. The molecule has 2 aromatic carbocycles. The zero-order valence-corrected chi connectivity index (χ0v) is 18.4. The summed E-state index contributed by atoms with van der Waals surface area (Å²) in [5.41, 5.74) is 0.693. The van der Waals surface area contributed by atoms with Gasteiger partial charge in [-0.2, -0.15) is 0 Å². The maximum Gasteiger partial charge on any atom is 0.112 e. The van der Waals surface area contributed by atoms with Gasteiger partial charge in [0.25, 0.3) is 0 Å². The van der Waals surface area contributed by atoms with Crippen molar-refractivity contribution >= 4 is 44.3 Å². The lowest BCUT2D eigenvalue weighted by Gasteiger charge is -2.16. The molecular weight excluding hydrogens is 496 g/mol. The number of benzene rings is 2. The summed E-state index contributed by atoms with van der Waals surface area (Å²) in [6, 6.07) is 6.39. The number of nitrogens with zero attached hydrogens (tertiary/aromatic N) is 2. The molecule has 0 saturated carbocycles. The molecule has 7 nitrogen and oxygen atoms in total. The second-order valence-corrected chi connectivity index (χ2v) is 7.53. The monoisotopic (exact) mass is 512 g/mol. The maximum absolute atomic E-state index is 12.1. The minimum atomic E-state index is -0.860. The quantitative estimate of drug-likeness (QED) is 0.544. The van der Waals surface area contributed by atoms with E-state index in [9.17, 15) is 15.3 Å². The molecule has 0 saturated heterocycles. The zero-order chi connectivity index (χ0) is 20.7. The van der Waals surface area contributed by atoms with Crippen LogP contribution in [0.4, 0.5) is 0 Å². The third kappa shape index (κ3) is 5.95. The average Bonchev–Trinajstić information content (AvgIpc) is 2.66. The van der Waals surface area contributed by atoms with E-state index < -0.39 is 6.10 Å². The maximum atomic E-state index is 12.1. The Bertz CT molecular complexity index is 816. The molecule has 0 fully saturated rings. The smallest absolute Gasteiger partial charge is 0.112 e.